The Hall–Kier alpha value is -3.36. The number of rotatable bonds is 4. The molecule has 2 N–H and O–H groups in total. The van der Waals surface area contributed by atoms with E-state index in [0.29, 0.717) is 42.3 Å². The molecule has 2 amide bonds. The van der Waals surface area contributed by atoms with Crippen LogP contribution in [0.2, 0.25) is 0 Å². The number of amides is 2. The van der Waals surface area contributed by atoms with Crippen molar-refractivity contribution in [2.45, 2.75) is 13.1 Å². The van der Waals surface area contributed by atoms with Gasteiger partial charge < -0.3 is 10.6 Å². The monoisotopic (exact) mass is 390 g/mol. The van der Waals surface area contributed by atoms with E-state index in [4.69, 9.17) is 0 Å². The zero-order chi connectivity index (χ0) is 20.1. The van der Waals surface area contributed by atoms with Gasteiger partial charge in [-0.15, -0.1) is 0 Å². The highest BCUT2D eigenvalue weighted by Gasteiger charge is 2.33. The second kappa shape index (κ2) is 6.61. The number of carbonyl (C=O) groups is 4. The summed E-state index contributed by atoms with van der Waals surface area (Å²) in [6, 6.07) is 10.9. The van der Waals surface area contributed by atoms with Crippen molar-refractivity contribution in [2.24, 2.45) is 0 Å². The van der Waals surface area contributed by atoms with Crippen LogP contribution in [0, 0.1) is 0 Å². The topological polar surface area (TPSA) is 98.8 Å². The third-order valence-corrected chi connectivity index (χ3v) is 5.58. The Balaban J connectivity index is 1.30. The molecule has 3 aliphatic heterocycles. The summed E-state index contributed by atoms with van der Waals surface area (Å²) in [5.74, 6) is -2.13. The third kappa shape index (κ3) is 2.93. The number of fused-ring (bicyclic) bond motifs is 2. The molecule has 0 saturated carbocycles. The van der Waals surface area contributed by atoms with E-state index in [0.717, 1.165) is 24.2 Å². The minimum atomic E-state index is -0.582. The molecule has 2 aromatic carbocycles. The molecule has 8 heteroatoms. The zero-order valence-corrected chi connectivity index (χ0v) is 15.5. The van der Waals surface area contributed by atoms with Gasteiger partial charge in [-0.25, -0.2) is 0 Å². The van der Waals surface area contributed by atoms with Crippen LogP contribution in [0.25, 0.3) is 0 Å². The summed E-state index contributed by atoms with van der Waals surface area (Å²) in [6.45, 7) is 3.40. The van der Waals surface area contributed by atoms with Gasteiger partial charge in [0.2, 0.25) is 0 Å². The maximum atomic E-state index is 12.2. The van der Waals surface area contributed by atoms with Crippen molar-refractivity contribution in [2.75, 3.05) is 30.4 Å². The average molecular weight is 390 g/mol. The molecule has 0 atom stereocenters. The van der Waals surface area contributed by atoms with Gasteiger partial charge in [-0.3, -0.25) is 29.0 Å². The molecule has 29 heavy (non-hydrogen) atoms. The fourth-order valence-corrected chi connectivity index (χ4v) is 4.24. The number of ketones is 2. The molecule has 3 heterocycles. The first-order valence-electron chi connectivity index (χ1n) is 9.41. The van der Waals surface area contributed by atoms with E-state index in [1.165, 1.54) is 0 Å². The summed E-state index contributed by atoms with van der Waals surface area (Å²) >= 11 is 0. The minimum absolute atomic E-state index is 0.465. The van der Waals surface area contributed by atoms with Crippen molar-refractivity contribution in [1.29, 1.82) is 0 Å². The van der Waals surface area contributed by atoms with Crippen LogP contribution in [0.4, 0.5) is 11.4 Å². The normalized spacial score (nSPS) is 18.8. The first kappa shape index (κ1) is 17.7. The molecule has 5 rings (SSSR count). The lowest BCUT2D eigenvalue weighted by Gasteiger charge is -2.19. The van der Waals surface area contributed by atoms with Crippen molar-refractivity contribution in [3.8, 4) is 0 Å². The highest BCUT2D eigenvalue weighted by Crippen LogP contribution is 2.29. The van der Waals surface area contributed by atoms with E-state index >= 15 is 0 Å². The summed E-state index contributed by atoms with van der Waals surface area (Å²) in [4.78, 5) is 52.1. The van der Waals surface area contributed by atoms with Crippen molar-refractivity contribution in [1.82, 2.24) is 9.80 Å². The molecular formula is C21H18N4O4. The Labute approximate surface area is 166 Å². The van der Waals surface area contributed by atoms with Crippen LogP contribution in [0.1, 0.15) is 31.8 Å². The SMILES string of the molecule is O=C1Nc2cccc(CN3CCN(Cc4cccc5c4C(=O)C(=O)N5)C3)c2C1=O. The van der Waals surface area contributed by atoms with Gasteiger partial charge >= 0.3 is 0 Å². The van der Waals surface area contributed by atoms with Crippen molar-refractivity contribution < 1.29 is 19.2 Å². The maximum Gasteiger partial charge on any atom is 0.296 e. The Kier molecular flexibility index (Phi) is 4.04. The van der Waals surface area contributed by atoms with Crippen molar-refractivity contribution in [3.05, 3.63) is 58.7 Å². The van der Waals surface area contributed by atoms with Gasteiger partial charge in [0.15, 0.2) is 0 Å². The second-order valence-electron chi connectivity index (χ2n) is 7.49. The van der Waals surface area contributed by atoms with Gasteiger partial charge in [-0.2, -0.15) is 0 Å². The molecule has 3 aliphatic rings. The smallest absolute Gasteiger partial charge is 0.296 e. The minimum Gasteiger partial charge on any atom is -0.318 e. The first-order chi connectivity index (χ1) is 14.0. The van der Waals surface area contributed by atoms with Crippen LogP contribution in [0.5, 0.6) is 0 Å². The summed E-state index contributed by atoms with van der Waals surface area (Å²) in [5, 5.41) is 5.21. The summed E-state index contributed by atoms with van der Waals surface area (Å²) in [6.07, 6.45) is 0. The predicted octanol–water partition coefficient (Wildman–Crippen LogP) is 1.23. The van der Waals surface area contributed by atoms with Gasteiger partial charge in [-0.05, 0) is 23.3 Å². The van der Waals surface area contributed by atoms with Crippen molar-refractivity contribution in [3.63, 3.8) is 0 Å². The molecule has 0 aliphatic carbocycles. The lowest BCUT2D eigenvalue weighted by molar-refractivity contribution is -0.112. The largest absolute Gasteiger partial charge is 0.318 e. The lowest BCUT2D eigenvalue weighted by Crippen LogP contribution is -2.26. The number of hydrogen-bond acceptors (Lipinski definition) is 6. The fraction of sp³-hybridized carbons (Fsp3) is 0.238. The zero-order valence-electron chi connectivity index (χ0n) is 15.5. The van der Waals surface area contributed by atoms with E-state index in [2.05, 4.69) is 20.4 Å². The number of nitrogens with one attached hydrogen (secondary N) is 2. The van der Waals surface area contributed by atoms with Gasteiger partial charge in [0.25, 0.3) is 23.4 Å². The van der Waals surface area contributed by atoms with E-state index in [1.54, 1.807) is 12.1 Å². The lowest BCUT2D eigenvalue weighted by atomic mass is 10.0. The number of hydrogen-bond donors (Lipinski definition) is 2. The van der Waals surface area contributed by atoms with Crippen LogP contribution in [0.15, 0.2) is 36.4 Å². The van der Waals surface area contributed by atoms with Crippen LogP contribution < -0.4 is 10.6 Å². The Morgan fingerprint density at radius 1 is 0.690 bits per heavy atom. The highest BCUT2D eigenvalue weighted by atomic mass is 16.2. The maximum absolute atomic E-state index is 12.2. The number of nitrogens with zero attached hydrogens (tertiary/aromatic N) is 2. The Morgan fingerprint density at radius 2 is 1.14 bits per heavy atom. The third-order valence-electron chi connectivity index (χ3n) is 5.58. The quantitative estimate of drug-likeness (QED) is 0.762. The van der Waals surface area contributed by atoms with E-state index in [-0.39, 0.29) is 0 Å². The van der Waals surface area contributed by atoms with Gasteiger partial charge in [0.1, 0.15) is 0 Å². The van der Waals surface area contributed by atoms with Crippen LogP contribution in [0.3, 0.4) is 0 Å². The number of carbonyl (C=O) groups excluding carboxylic acids is 4. The number of anilines is 2. The molecule has 0 aromatic heterocycles. The Bertz CT molecular complexity index is 1010. The fourth-order valence-electron chi connectivity index (χ4n) is 4.24. The van der Waals surface area contributed by atoms with Gasteiger partial charge in [0, 0.05) is 26.2 Å². The molecular weight excluding hydrogens is 372 g/mol. The van der Waals surface area contributed by atoms with Crippen LogP contribution >= 0.6 is 0 Å². The van der Waals surface area contributed by atoms with Crippen LogP contribution in [-0.2, 0) is 22.7 Å². The standard InChI is InChI=1S/C21H18N4O4/c26-18-16-12(3-1-5-14(16)22-20(18)28)9-24-7-8-25(11-24)10-13-4-2-6-15-17(13)19(27)21(29)23-15/h1-6H,7-11H2,(H,22,26,28)(H,23,27,29). The molecule has 2 aromatic rings. The molecule has 0 bridgehead atoms. The molecule has 1 saturated heterocycles. The van der Waals surface area contributed by atoms with Gasteiger partial charge in [-0.1, -0.05) is 24.3 Å². The molecule has 146 valence electrons. The number of Topliss-reactive ketones (excluding diaryl/α,β-unsaturated/α-hetero) is 2. The molecule has 0 unspecified atom stereocenters. The summed E-state index contributed by atoms with van der Waals surface area (Å²) in [5.41, 5.74) is 3.74. The van der Waals surface area contributed by atoms with E-state index in [1.807, 2.05) is 24.3 Å². The van der Waals surface area contributed by atoms with Crippen LogP contribution in [-0.4, -0.2) is 52.9 Å². The van der Waals surface area contributed by atoms with Crippen molar-refractivity contribution >= 4 is 34.8 Å². The molecule has 0 radical (unpaired) electrons. The average Bonchev–Trinajstić information content (AvgIpc) is 3.34. The molecule has 8 nitrogen and oxygen atoms in total. The van der Waals surface area contributed by atoms with E-state index in [9.17, 15) is 19.2 Å². The van der Waals surface area contributed by atoms with E-state index < -0.39 is 23.4 Å². The highest BCUT2D eigenvalue weighted by molar-refractivity contribution is 6.52. The molecule has 0 spiro atoms. The summed E-state index contributed by atoms with van der Waals surface area (Å²) in [7, 11) is 0. The summed E-state index contributed by atoms with van der Waals surface area (Å²) < 4.78 is 0. The van der Waals surface area contributed by atoms with Gasteiger partial charge in [0.05, 0.1) is 29.2 Å². The molecule has 1 fully saturated rings. The second-order valence-corrected chi connectivity index (χ2v) is 7.49. The number of benzene rings is 2. The predicted molar refractivity (Wildman–Crippen MR) is 104 cm³/mol. The Morgan fingerprint density at radius 3 is 1.59 bits per heavy atom. The first-order valence-corrected chi connectivity index (χ1v) is 9.41.